The molecule has 0 radical (unpaired) electrons. The predicted molar refractivity (Wildman–Crippen MR) is 123 cm³/mol. The van der Waals surface area contributed by atoms with Crippen LogP contribution in [0, 0.1) is 11.1 Å². The molecule has 2 unspecified atom stereocenters. The second kappa shape index (κ2) is 9.14. The number of anilines is 1. The first kappa shape index (κ1) is 22.7. The Bertz CT molecular complexity index is 1220. The van der Waals surface area contributed by atoms with E-state index < -0.39 is 29.1 Å². The number of amides is 2. The van der Waals surface area contributed by atoms with Crippen molar-refractivity contribution < 1.29 is 19.6 Å². The summed E-state index contributed by atoms with van der Waals surface area (Å²) < 4.78 is 1.43. The van der Waals surface area contributed by atoms with Gasteiger partial charge >= 0.3 is 0 Å². The fourth-order valence-corrected chi connectivity index (χ4v) is 4.16. The van der Waals surface area contributed by atoms with Crippen molar-refractivity contribution in [2.24, 2.45) is 5.92 Å². The summed E-state index contributed by atoms with van der Waals surface area (Å²) in [7, 11) is 0. The number of nitrogens with one attached hydrogen (secondary N) is 2. The van der Waals surface area contributed by atoms with Crippen LogP contribution >= 0.6 is 0 Å². The lowest BCUT2D eigenvalue weighted by Crippen LogP contribution is -2.52. The van der Waals surface area contributed by atoms with Crippen LogP contribution in [-0.2, 0) is 16.0 Å². The molecular weight excluding hydrogens is 424 g/mol. The van der Waals surface area contributed by atoms with Crippen molar-refractivity contribution in [1.29, 1.82) is 0 Å². The summed E-state index contributed by atoms with van der Waals surface area (Å²) in [6, 6.07) is 11.3. The Hall–Kier alpha value is -3.53. The Kier molecular flexibility index (Phi) is 6.28. The van der Waals surface area contributed by atoms with Crippen molar-refractivity contribution in [2.45, 2.75) is 38.8 Å². The first-order valence-corrected chi connectivity index (χ1v) is 10.8. The molecule has 0 aliphatic carbocycles. The van der Waals surface area contributed by atoms with Crippen LogP contribution in [0.1, 0.15) is 36.2 Å². The number of carbonyl (C=O) groups is 3. The molecule has 172 valence electrons. The highest BCUT2D eigenvalue weighted by molar-refractivity contribution is 6.09. The number of hydrogen-bond acceptors (Lipinski definition) is 6. The molecule has 33 heavy (non-hydrogen) atoms. The van der Waals surface area contributed by atoms with Gasteiger partial charge in [0.1, 0.15) is 12.1 Å². The van der Waals surface area contributed by atoms with E-state index >= 15 is 0 Å². The lowest BCUT2D eigenvalue weighted by molar-refractivity contribution is -0.143. The summed E-state index contributed by atoms with van der Waals surface area (Å²) in [5, 5.41) is 27.3. The number of carbonyl (C=O) groups excluding carboxylic acids is 3. The minimum atomic E-state index is -1.50. The van der Waals surface area contributed by atoms with E-state index in [1.165, 1.54) is 4.57 Å². The fraction of sp³-hybridized carbons (Fsp3) is 0.292. The van der Waals surface area contributed by atoms with Gasteiger partial charge in [-0.3, -0.25) is 24.2 Å². The van der Waals surface area contributed by atoms with E-state index in [0.717, 1.165) is 0 Å². The summed E-state index contributed by atoms with van der Waals surface area (Å²) >= 11 is 0. The van der Waals surface area contributed by atoms with Crippen LogP contribution in [0.5, 0.6) is 0 Å². The van der Waals surface area contributed by atoms with Crippen LogP contribution in [0.2, 0.25) is 0 Å². The lowest BCUT2D eigenvalue weighted by Gasteiger charge is -2.31. The van der Waals surface area contributed by atoms with E-state index in [0.29, 0.717) is 28.6 Å². The van der Waals surface area contributed by atoms with E-state index in [4.69, 9.17) is 0 Å². The van der Waals surface area contributed by atoms with Crippen molar-refractivity contribution in [3.63, 3.8) is 0 Å². The van der Waals surface area contributed by atoms with Gasteiger partial charge in [-0.25, -0.2) is 0 Å². The van der Waals surface area contributed by atoms with E-state index in [-0.39, 0.29) is 23.8 Å². The highest BCUT2D eigenvalue weighted by atomic mass is 16.8. The minimum absolute atomic E-state index is 0.0567. The Morgan fingerprint density at radius 1 is 1.09 bits per heavy atom. The van der Waals surface area contributed by atoms with Crippen LogP contribution in [0.4, 0.5) is 5.69 Å². The van der Waals surface area contributed by atoms with E-state index in [9.17, 15) is 24.8 Å². The fourth-order valence-electron chi connectivity index (χ4n) is 4.16. The van der Waals surface area contributed by atoms with Gasteiger partial charge in [0, 0.05) is 18.0 Å². The summed E-state index contributed by atoms with van der Waals surface area (Å²) in [4.78, 5) is 39.6. The molecule has 0 saturated heterocycles. The monoisotopic (exact) mass is 449 g/mol. The summed E-state index contributed by atoms with van der Waals surface area (Å²) in [5.74, 6) is -1.60. The molecule has 2 atom stereocenters. The number of aromatic nitrogens is 1. The first-order chi connectivity index (χ1) is 15.8. The lowest BCUT2D eigenvalue weighted by atomic mass is 10.0. The van der Waals surface area contributed by atoms with Crippen molar-refractivity contribution in [1.82, 2.24) is 15.1 Å². The molecule has 2 amide bonds. The maximum Gasteiger partial charge on any atom is 0.264 e. The number of nitrogens with zero attached hydrogens (tertiary/aromatic N) is 2. The number of fused-ring (bicyclic) bond motifs is 6. The summed E-state index contributed by atoms with van der Waals surface area (Å²) in [6.07, 6.45) is 1.73. The number of para-hydroxylation sites is 2. The highest BCUT2D eigenvalue weighted by Crippen LogP contribution is 2.27. The molecule has 3 aromatic rings. The Morgan fingerprint density at radius 3 is 2.52 bits per heavy atom. The summed E-state index contributed by atoms with van der Waals surface area (Å²) in [6.45, 7) is 3.80. The van der Waals surface area contributed by atoms with Gasteiger partial charge in [0.2, 0.25) is 11.8 Å². The second-order valence-electron chi connectivity index (χ2n) is 8.59. The van der Waals surface area contributed by atoms with Gasteiger partial charge in [-0.05, 0) is 36.1 Å². The zero-order chi connectivity index (χ0) is 23.7. The highest BCUT2D eigenvalue weighted by Gasteiger charge is 2.30. The van der Waals surface area contributed by atoms with Crippen LogP contribution in [0.25, 0.3) is 10.9 Å². The molecule has 1 aromatic heterocycles. The minimum Gasteiger partial charge on any atom is -0.762 e. The SMILES string of the molecule is CC(C)CC1NC(=O)C(N([O-])O)Cc2cn(c3ccccc23)C(=O)c2ccccc2NC1=O. The third kappa shape index (κ3) is 4.51. The van der Waals surface area contributed by atoms with E-state index in [1.807, 2.05) is 13.8 Å². The number of hydroxylamine groups is 2. The molecule has 0 fully saturated rings. The van der Waals surface area contributed by atoms with Gasteiger partial charge in [-0.1, -0.05) is 44.2 Å². The smallest absolute Gasteiger partial charge is 0.264 e. The molecule has 4 rings (SSSR count). The van der Waals surface area contributed by atoms with Gasteiger partial charge in [0.15, 0.2) is 0 Å². The molecule has 9 nitrogen and oxygen atoms in total. The topological polar surface area (TPSA) is 127 Å². The largest absolute Gasteiger partial charge is 0.762 e. The second-order valence-corrected chi connectivity index (χ2v) is 8.59. The van der Waals surface area contributed by atoms with Gasteiger partial charge in [-0.15, -0.1) is 0 Å². The zero-order valence-electron chi connectivity index (χ0n) is 18.3. The number of hydrogen-bond donors (Lipinski definition) is 3. The van der Waals surface area contributed by atoms with E-state index in [2.05, 4.69) is 10.6 Å². The van der Waals surface area contributed by atoms with Crippen LogP contribution < -0.4 is 10.6 Å². The Balaban J connectivity index is 1.90. The summed E-state index contributed by atoms with van der Waals surface area (Å²) in [5.41, 5.74) is 1.74. The quantitative estimate of drug-likeness (QED) is 0.528. The Morgan fingerprint density at radius 2 is 1.79 bits per heavy atom. The van der Waals surface area contributed by atoms with Crippen LogP contribution in [0.3, 0.4) is 0 Å². The third-order valence-corrected chi connectivity index (χ3v) is 5.75. The molecule has 0 spiro atoms. The van der Waals surface area contributed by atoms with Crippen molar-refractivity contribution in [3.05, 3.63) is 71.1 Å². The molecular formula is C24H25N4O5-. The number of benzene rings is 2. The molecule has 0 saturated carbocycles. The Labute approximate surface area is 190 Å². The van der Waals surface area contributed by atoms with Crippen LogP contribution in [0.15, 0.2) is 54.7 Å². The zero-order valence-corrected chi connectivity index (χ0v) is 18.3. The van der Waals surface area contributed by atoms with Crippen molar-refractivity contribution in [2.75, 3.05) is 5.32 Å². The number of rotatable bonds is 3. The van der Waals surface area contributed by atoms with Gasteiger partial charge in [0.25, 0.3) is 5.91 Å². The average Bonchev–Trinajstić information content (AvgIpc) is 3.14. The molecule has 2 heterocycles. The maximum absolute atomic E-state index is 13.5. The normalized spacial score (nSPS) is 19.5. The van der Waals surface area contributed by atoms with Crippen LogP contribution in [-0.4, -0.2) is 44.8 Å². The molecule has 1 aliphatic rings. The van der Waals surface area contributed by atoms with Gasteiger partial charge < -0.3 is 21.0 Å². The standard InChI is InChI=1S/C24H25N4O5/c1-14(2)11-19-22(29)25-18-9-5-3-8-17(18)24(31)27-13-15(16-7-4-6-10-20(16)27)12-21(28(32)33)23(30)26-19/h3-10,13-14,19,21,32H,11-12H2,1-2H3,(H,25,29)(H,26,30)/q-1. The molecule has 1 aliphatic heterocycles. The average molecular weight is 449 g/mol. The van der Waals surface area contributed by atoms with Crippen molar-refractivity contribution >= 4 is 34.3 Å². The molecule has 2 bridgehead atoms. The molecule has 9 heteroatoms. The molecule has 2 aromatic carbocycles. The van der Waals surface area contributed by atoms with Crippen molar-refractivity contribution in [3.8, 4) is 0 Å². The van der Waals surface area contributed by atoms with Gasteiger partial charge in [0.05, 0.1) is 16.8 Å². The van der Waals surface area contributed by atoms with Gasteiger partial charge in [-0.2, -0.15) is 0 Å². The first-order valence-electron chi connectivity index (χ1n) is 10.8. The van der Waals surface area contributed by atoms with E-state index in [1.54, 1.807) is 54.7 Å². The third-order valence-electron chi connectivity index (χ3n) is 5.75. The predicted octanol–water partition coefficient (Wildman–Crippen LogP) is 2.91. The maximum atomic E-state index is 13.5. The molecule has 3 N–H and O–H groups in total.